The number of ether oxygens (including phenoxy) is 1. The van der Waals surface area contributed by atoms with E-state index in [0.717, 1.165) is 0 Å². The summed E-state index contributed by atoms with van der Waals surface area (Å²) >= 11 is 6.05. The van der Waals surface area contributed by atoms with E-state index in [-0.39, 0.29) is 17.0 Å². The van der Waals surface area contributed by atoms with Gasteiger partial charge in [0.1, 0.15) is 11.6 Å². The van der Waals surface area contributed by atoms with Crippen LogP contribution in [0.25, 0.3) is 5.57 Å². The Morgan fingerprint density at radius 1 is 1.57 bits per heavy atom. The van der Waals surface area contributed by atoms with E-state index < -0.39 is 5.97 Å². The molecule has 0 amide bonds. The highest BCUT2D eigenvalue weighted by molar-refractivity contribution is 6.34. The molecule has 0 saturated heterocycles. The Balaban J connectivity index is 2.36. The largest absolute Gasteiger partial charge is 0.465 e. The summed E-state index contributed by atoms with van der Waals surface area (Å²) in [6.45, 7) is 0. The van der Waals surface area contributed by atoms with Crippen LogP contribution in [0.3, 0.4) is 0 Å². The second-order valence-corrected chi connectivity index (χ2v) is 4.11. The molecule has 8 nitrogen and oxygen atoms in total. The first-order chi connectivity index (χ1) is 10.2. The molecule has 2 N–H and O–H groups in total. The molecule has 0 aliphatic rings. The van der Waals surface area contributed by atoms with Gasteiger partial charge in [0.2, 0.25) is 5.82 Å². The third-order valence-electron chi connectivity index (χ3n) is 2.49. The third kappa shape index (κ3) is 3.16. The van der Waals surface area contributed by atoms with Crippen molar-refractivity contribution in [2.75, 3.05) is 12.4 Å². The summed E-state index contributed by atoms with van der Waals surface area (Å²) in [6, 6.07) is 6.68. The number of para-hydroxylation sites is 1. The number of nitrogens with zero attached hydrogens (tertiary/aromatic N) is 4. The van der Waals surface area contributed by atoms with Crippen LogP contribution < -0.4 is 5.32 Å². The van der Waals surface area contributed by atoms with Crippen LogP contribution in [0.1, 0.15) is 16.2 Å². The van der Waals surface area contributed by atoms with Crippen LogP contribution >= 0.6 is 11.6 Å². The lowest BCUT2D eigenvalue weighted by molar-refractivity contribution is 0.0602. The number of anilines is 1. The van der Waals surface area contributed by atoms with Crippen LogP contribution in [0.2, 0.25) is 5.02 Å². The first-order valence-corrected chi connectivity index (χ1v) is 6.02. The summed E-state index contributed by atoms with van der Waals surface area (Å²) in [4.78, 5) is 11.7. The molecular weight excluding hydrogens is 296 g/mol. The van der Waals surface area contributed by atoms with Gasteiger partial charge in [-0.25, -0.2) is 4.79 Å². The minimum atomic E-state index is -0.550. The van der Waals surface area contributed by atoms with Crippen molar-refractivity contribution >= 4 is 28.8 Å². The summed E-state index contributed by atoms with van der Waals surface area (Å²) in [6.07, 6.45) is 1.33. The van der Waals surface area contributed by atoms with Crippen molar-refractivity contribution in [3.05, 3.63) is 40.8 Å². The molecule has 1 aromatic carbocycles. The molecule has 0 unspecified atom stereocenters. The first kappa shape index (κ1) is 14.5. The van der Waals surface area contributed by atoms with Gasteiger partial charge in [0.15, 0.2) is 0 Å². The van der Waals surface area contributed by atoms with Gasteiger partial charge in [0.25, 0.3) is 0 Å². The number of H-pyrrole nitrogens is 1. The summed E-state index contributed by atoms with van der Waals surface area (Å²) in [5, 5.41) is 25.2. The number of carbonyl (C=O) groups is 1. The molecular formula is C12H9ClN6O2. The smallest absolute Gasteiger partial charge is 0.340 e. The van der Waals surface area contributed by atoms with Crippen molar-refractivity contribution < 1.29 is 9.53 Å². The topological polar surface area (TPSA) is 117 Å². The SMILES string of the molecule is COC(=O)c1cccc(Cl)c1NC=C(C#N)c1nn[nH]n1. The minimum Gasteiger partial charge on any atom is -0.465 e. The van der Waals surface area contributed by atoms with E-state index >= 15 is 0 Å². The van der Waals surface area contributed by atoms with Gasteiger partial charge >= 0.3 is 5.97 Å². The van der Waals surface area contributed by atoms with Crippen molar-refractivity contribution in [3.8, 4) is 6.07 Å². The highest BCUT2D eigenvalue weighted by Crippen LogP contribution is 2.27. The number of aromatic nitrogens is 4. The van der Waals surface area contributed by atoms with Gasteiger partial charge in [-0.2, -0.15) is 10.5 Å². The Bertz CT molecular complexity index is 720. The summed E-state index contributed by atoms with van der Waals surface area (Å²) in [5.41, 5.74) is 0.688. The standard InChI is InChI=1S/C12H9ClN6O2/c1-21-12(20)8-3-2-4-9(13)10(8)15-6-7(5-14)11-16-18-19-17-11/h2-4,6,15H,1H3,(H,16,17,18,19). The zero-order valence-electron chi connectivity index (χ0n) is 10.8. The van der Waals surface area contributed by atoms with Gasteiger partial charge in [0.05, 0.1) is 23.4 Å². The maximum atomic E-state index is 11.7. The van der Waals surface area contributed by atoms with Crippen LogP contribution in [0.4, 0.5) is 5.69 Å². The van der Waals surface area contributed by atoms with Crippen LogP contribution in [-0.2, 0) is 4.74 Å². The number of hydrogen-bond acceptors (Lipinski definition) is 7. The van der Waals surface area contributed by atoms with Gasteiger partial charge in [-0.15, -0.1) is 10.2 Å². The number of esters is 1. The van der Waals surface area contributed by atoms with E-state index in [1.165, 1.54) is 13.3 Å². The number of tetrazole rings is 1. The molecule has 0 spiro atoms. The fraction of sp³-hybridized carbons (Fsp3) is 0.0833. The lowest BCUT2D eigenvalue weighted by Crippen LogP contribution is -2.06. The Morgan fingerprint density at radius 3 is 3.00 bits per heavy atom. The Kier molecular flexibility index (Phi) is 4.48. The number of halogens is 1. The molecule has 0 radical (unpaired) electrons. The van der Waals surface area contributed by atoms with E-state index in [4.69, 9.17) is 16.9 Å². The average Bonchev–Trinajstić information content (AvgIpc) is 3.02. The van der Waals surface area contributed by atoms with Crippen LogP contribution in [0, 0.1) is 11.3 Å². The van der Waals surface area contributed by atoms with Crippen molar-refractivity contribution in [2.24, 2.45) is 0 Å². The van der Waals surface area contributed by atoms with Crippen molar-refractivity contribution in [1.29, 1.82) is 5.26 Å². The van der Waals surface area contributed by atoms with E-state index in [2.05, 4.69) is 30.7 Å². The summed E-state index contributed by atoms with van der Waals surface area (Å²) in [7, 11) is 1.27. The van der Waals surface area contributed by atoms with Gasteiger partial charge < -0.3 is 10.1 Å². The molecule has 1 heterocycles. The van der Waals surface area contributed by atoms with E-state index in [9.17, 15) is 4.79 Å². The molecule has 0 saturated carbocycles. The van der Waals surface area contributed by atoms with Crippen LogP contribution in [0.15, 0.2) is 24.4 Å². The maximum Gasteiger partial charge on any atom is 0.340 e. The van der Waals surface area contributed by atoms with E-state index in [1.54, 1.807) is 18.2 Å². The molecule has 9 heteroatoms. The van der Waals surface area contributed by atoms with Crippen molar-refractivity contribution in [1.82, 2.24) is 20.6 Å². The number of aromatic amines is 1. The zero-order chi connectivity index (χ0) is 15.2. The highest BCUT2D eigenvalue weighted by atomic mass is 35.5. The number of nitriles is 1. The van der Waals surface area contributed by atoms with E-state index in [0.29, 0.717) is 10.7 Å². The molecule has 2 aromatic rings. The summed E-state index contributed by atoms with van der Waals surface area (Å²) < 4.78 is 4.67. The second kappa shape index (κ2) is 6.49. The monoisotopic (exact) mass is 304 g/mol. The number of rotatable bonds is 4. The normalized spacial score (nSPS) is 10.8. The fourth-order valence-electron chi connectivity index (χ4n) is 1.52. The molecule has 21 heavy (non-hydrogen) atoms. The molecule has 0 bridgehead atoms. The molecule has 0 aliphatic carbocycles. The first-order valence-electron chi connectivity index (χ1n) is 5.64. The number of carbonyl (C=O) groups excluding carboxylic acids is 1. The third-order valence-corrected chi connectivity index (χ3v) is 2.80. The minimum absolute atomic E-state index is 0.122. The quantitative estimate of drug-likeness (QED) is 0.651. The van der Waals surface area contributed by atoms with Gasteiger partial charge in [-0.1, -0.05) is 17.7 Å². The predicted molar refractivity (Wildman–Crippen MR) is 74.2 cm³/mol. The summed E-state index contributed by atoms with van der Waals surface area (Å²) in [5.74, 6) is -0.428. The van der Waals surface area contributed by atoms with Crippen LogP contribution in [0.5, 0.6) is 0 Å². The average molecular weight is 305 g/mol. The highest BCUT2D eigenvalue weighted by Gasteiger charge is 2.14. The maximum absolute atomic E-state index is 11.7. The fourth-order valence-corrected chi connectivity index (χ4v) is 1.75. The number of methoxy groups -OCH3 is 1. The van der Waals surface area contributed by atoms with Crippen LogP contribution in [-0.4, -0.2) is 33.7 Å². The predicted octanol–water partition coefficient (Wildman–Crippen LogP) is 1.62. The van der Waals surface area contributed by atoms with Gasteiger partial charge in [-0.3, -0.25) is 0 Å². The molecule has 0 fully saturated rings. The number of hydrogen-bond donors (Lipinski definition) is 2. The lowest BCUT2D eigenvalue weighted by Gasteiger charge is -2.09. The zero-order valence-corrected chi connectivity index (χ0v) is 11.5. The Morgan fingerprint density at radius 2 is 2.38 bits per heavy atom. The number of allylic oxidation sites excluding steroid dienone is 1. The van der Waals surface area contributed by atoms with Crippen molar-refractivity contribution in [2.45, 2.75) is 0 Å². The molecule has 0 aliphatic heterocycles. The Hall–Kier alpha value is -2.92. The lowest BCUT2D eigenvalue weighted by atomic mass is 10.1. The van der Waals surface area contributed by atoms with Gasteiger partial charge in [-0.05, 0) is 17.3 Å². The molecule has 106 valence electrons. The molecule has 1 aromatic heterocycles. The Labute approximate surface area is 124 Å². The molecule has 2 rings (SSSR count). The van der Waals surface area contributed by atoms with E-state index in [1.807, 2.05) is 6.07 Å². The number of nitrogens with one attached hydrogen (secondary N) is 2. The molecule has 0 atom stereocenters. The number of benzene rings is 1. The second-order valence-electron chi connectivity index (χ2n) is 3.70. The van der Waals surface area contributed by atoms with Crippen molar-refractivity contribution in [3.63, 3.8) is 0 Å². The van der Waals surface area contributed by atoms with Gasteiger partial charge in [0, 0.05) is 6.20 Å².